The number of rotatable bonds is 7. The summed E-state index contributed by atoms with van der Waals surface area (Å²) in [7, 11) is 0. The molecule has 1 fully saturated rings. The first-order valence-corrected chi connectivity index (χ1v) is 10.8. The average Bonchev–Trinajstić information content (AvgIpc) is 3.53. The van der Waals surface area contributed by atoms with Crippen molar-refractivity contribution in [2.45, 2.75) is 32.2 Å². The van der Waals surface area contributed by atoms with Crippen molar-refractivity contribution in [1.82, 2.24) is 5.32 Å². The number of amides is 2. The molecule has 0 radical (unpaired) electrons. The van der Waals surface area contributed by atoms with Crippen LogP contribution in [0.5, 0.6) is 0 Å². The van der Waals surface area contributed by atoms with E-state index in [-0.39, 0.29) is 29.7 Å². The van der Waals surface area contributed by atoms with Crippen LogP contribution in [0.4, 0.5) is 5.69 Å². The number of nitrogens with one attached hydrogen (secondary N) is 2. The van der Waals surface area contributed by atoms with E-state index in [0.717, 1.165) is 23.2 Å². The standard InChI is InChI=1S/C27H28N2O2/c1-18-17-24(18)27(31)29-23-15-13-22(14-16-23)26(30)28-19(2)25(20-9-5-3-6-10-20)21-11-7-4-8-12-21/h3-16,18-19,24-25H,17H2,1-2H3,(H,28,30)(H,29,31). The number of carbonyl (C=O) groups excluding carboxylic acids is 2. The first-order chi connectivity index (χ1) is 15.0. The van der Waals surface area contributed by atoms with Crippen LogP contribution < -0.4 is 10.6 Å². The van der Waals surface area contributed by atoms with E-state index in [0.29, 0.717) is 11.5 Å². The minimum atomic E-state index is -0.127. The number of anilines is 1. The largest absolute Gasteiger partial charge is 0.349 e. The maximum atomic E-state index is 12.9. The van der Waals surface area contributed by atoms with E-state index in [1.165, 1.54) is 0 Å². The van der Waals surface area contributed by atoms with Crippen LogP contribution in [-0.4, -0.2) is 17.9 Å². The molecule has 3 aromatic rings. The zero-order valence-electron chi connectivity index (χ0n) is 17.9. The monoisotopic (exact) mass is 412 g/mol. The van der Waals surface area contributed by atoms with Gasteiger partial charge in [-0.1, -0.05) is 67.6 Å². The van der Waals surface area contributed by atoms with Crippen molar-refractivity contribution in [2.24, 2.45) is 11.8 Å². The lowest BCUT2D eigenvalue weighted by molar-refractivity contribution is -0.117. The van der Waals surface area contributed by atoms with Gasteiger partial charge in [0.15, 0.2) is 0 Å². The van der Waals surface area contributed by atoms with Gasteiger partial charge in [-0.15, -0.1) is 0 Å². The van der Waals surface area contributed by atoms with Crippen LogP contribution in [0.25, 0.3) is 0 Å². The van der Waals surface area contributed by atoms with Gasteiger partial charge in [-0.3, -0.25) is 9.59 Å². The molecule has 0 saturated heterocycles. The summed E-state index contributed by atoms with van der Waals surface area (Å²) in [4.78, 5) is 25.0. The first-order valence-electron chi connectivity index (χ1n) is 10.8. The second-order valence-electron chi connectivity index (χ2n) is 8.45. The van der Waals surface area contributed by atoms with Gasteiger partial charge in [-0.05, 0) is 54.7 Å². The Kier molecular flexibility index (Phi) is 6.17. The van der Waals surface area contributed by atoms with E-state index in [1.807, 2.05) is 43.3 Å². The van der Waals surface area contributed by atoms with E-state index in [1.54, 1.807) is 24.3 Å². The highest BCUT2D eigenvalue weighted by Gasteiger charge is 2.39. The van der Waals surface area contributed by atoms with Crippen molar-refractivity contribution in [3.05, 3.63) is 102 Å². The molecular formula is C27H28N2O2. The third-order valence-electron chi connectivity index (χ3n) is 6.04. The van der Waals surface area contributed by atoms with Gasteiger partial charge in [0.1, 0.15) is 0 Å². The maximum Gasteiger partial charge on any atom is 0.251 e. The van der Waals surface area contributed by atoms with Crippen LogP contribution in [0.15, 0.2) is 84.9 Å². The van der Waals surface area contributed by atoms with Gasteiger partial charge in [0.25, 0.3) is 5.91 Å². The van der Waals surface area contributed by atoms with Gasteiger partial charge in [-0.2, -0.15) is 0 Å². The quantitative estimate of drug-likeness (QED) is 0.558. The van der Waals surface area contributed by atoms with Crippen molar-refractivity contribution in [1.29, 1.82) is 0 Å². The molecule has 0 bridgehead atoms. The summed E-state index contributed by atoms with van der Waals surface area (Å²) in [6.45, 7) is 4.12. The fourth-order valence-electron chi connectivity index (χ4n) is 4.09. The molecule has 4 nitrogen and oxygen atoms in total. The fourth-order valence-corrected chi connectivity index (χ4v) is 4.09. The molecule has 0 heterocycles. The summed E-state index contributed by atoms with van der Waals surface area (Å²) in [5.74, 6) is 0.570. The molecule has 4 heteroatoms. The lowest BCUT2D eigenvalue weighted by atomic mass is 9.85. The van der Waals surface area contributed by atoms with E-state index in [2.05, 4.69) is 41.8 Å². The molecule has 1 aliphatic carbocycles. The summed E-state index contributed by atoms with van der Waals surface area (Å²) >= 11 is 0. The van der Waals surface area contributed by atoms with E-state index in [9.17, 15) is 9.59 Å². The summed E-state index contributed by atoms with van der Waals surface area (Å²) in [6.07, 6.45) is 0.953. The highest BCUT2D eigenvalue weighted by molar-refractivity contribution is 5.97. The molecule has 4 rings (SSSR count). The summed E-state index contributed by atoms with van der Waals surface area (Å²) in [5.41, 5.74) is 3.62. The molecule has 158 valence electrons. The molecule has 1 saturated carbocycles. The lowest BCUT2D eigenvalue weighted by Gasteiger charge is -2.26. The van der Waals surface area contributed by atoms with E-state index < -0.39 is 0 Å². The molecule has 1 aliphatic rings. The normalized spacial score (nSPS) is 18.3. The molecule has 2 amide bonds. The van der Waals surface area contributed by atoms with Gasteiger partial charge in [0, 0.05) is 29.1 Å². The van der Waals surface area contributed by atoms with E-state index >= 15 is 0 Å². The van der Waals surface area contributed by atoms with E-state index in [4.69, 9.17) is 0 Å². The van der Waals surface area contributed by atoms with Crippen LogP contribution in [0.2, 0.25) is 0 Å². The number of carbonyl (C=O) groups is 2. The number of hydrogen-bond acceptors (Lipinski definition) is 2. The topological polar surface area (TPSA) is 58.2 Å². The highest BCUT2D eigenvalue weighted by Crippen LogP contribution is 2.38. The Labute approximate surface area is 183 Å². The second-order valence-corrected chi connectivity index (χ2v) is 8.45. The van der Waals surface area contributed by atoms with Crippen LogP contribution in [0, 0.1) is 11.8 Å². The zero-order valence-corrected chi connectivity index (χ0v) is 17.9. The van der Waals surface area contributed by atoms with Crippen LogP contribution in [0.3, 0.4) is 0 Å². The van der Waals surface area contributed by atoms with Crippen molar-refractivity contribution < 1.29 is 9.59 Å². The Hall–Kier alpha value is -3.40. The lowest BCUT2D eigenvalue weighted by Crippen LogP contribution is -2.37. The van der Waals surface area contributed by atoms with Gasteiger partial charge >= 0.3 is 0 Å². The Bertz CT molecular complexity index is 992. The van der Waals surface area contributed by atoms with Crippen molar-refractivity contribution in [3.63, 3.8) is 0 Å². The number of hydrogen-bond donors (Lipinski definition) is 2. The van der Waals surface area contributed by atoms with Crippen molar-refractivity contribution in [2.75, 3.05) is 5.32 Å². The Morgan fingerprint density at radius 1 is 0.839 bits per heavy atom. The van der Waals surface area contributed by atoms with Gasteiger partial charge in [0.2, 0.25) is 5.91 Å². The summed E-state index contributed by atoms with van der Waals surface area (Å²) in [6, 6.07) is 27.5. The zero-order chi connectivity index (χ0) is 21.8. The Morgan fingerprint density at radius 2 is 1.35 bits per heavy atom. The predicted molar refractivity (Wildman–Crippen MR) is 124 cm³/mol. The highest BCUT2D eigenvalue weighted by atomic mass is 16.2. The smallest absolute Gasteiger partial charge is 0.251 e. The van der Waals surface area contributed by atoms with Gasteiger partial charge in [-0.25, -0.2) is 0 Å². The SMILES string of the molecule is CC1CC1C(=O)Nc1ccc(C(=O)NC(C)C(c2ccccc2)c2ccccc2)cc1. The van der Waals surface area contributed by atoms with Crippen LogP contribution in [0.1, 0.15) is 47.7 Å². The molecule has 3 aromatic carbocycles. The molecule has 3 unspecified atom stereocenters. The molecule has 2 N–H and O–H groups in total. The Morgan fingerprint density at radius 3 is 1.84 bits per heavy atom. The third kappa shape index (κ3) is 5.02. The van der Waals surface area contributed by atoms with Crippen LogP contribution >= 0.6 is 0 Å². The third-order valence-corrected chi connectivity index (χ3v) is 6.04. The molecule has 31 heavy (non-hydrogen) atoms. The maximum absolute atomic E-state index is 12.9. The minimum absolute atomic E-state index is 0.0467. The molecule has 3 atom stereocenters. The molecule has 0 aliphatic heterocycles. The summed E-state index contributed by atoms with van der Waals surface area (Å²) in [5, 5.41) is 6.09. The van der Waals surface area contributed by atoms with Gasteiger partial charge in [0.05, 0.1) is 0 Å². The molecular weight excluding hydrogens is 384 g/mol. The van der Waals surface area contributed by atoms with Crippen molar-refractivity contribution >= 4 is 17.5 Å². The first kappa shape index (κ1) is 20.9. The van der Waals surface area contributed by atoms with Gasteiger partial charge < -0.3 is 10.6 Å². The molecule has 0 aromatic heterocycles. The average molecular weight is 413 g/mol. The number of benzene rings is 3. The Balaban J connectivity index is 1.45. The fraction of sp³-hybridized carbons (Fsp3) is 0.259. The molecule has 0 spiro atoms. The van der Waals surface area contributed by atoms with Crippen LogP contribution in [-0.2, 0) is 4.79 Å². The minimum Gasteiger partial charge on any atom is -0.349 e. The second kappa shape index (κ2) is 9.17. The predicted octanol–water partition coefficient (Wildman–Crippen LogP) is 5.23. The summed E-state index contributed by atoms with van der Waals surface area (Å²) < 4.78 is 0. The van der Waals surface area contributed by atoms with Crippen molar-refractivity contribution in [3.8, 4) is 0 Å².